The number of hydrogen-bond donors (Lipinski definition) is 1. The number of benzene rings is 1. The van der Waals surface area contributed by atoms with Gasteiger partial charge in [-0.15, -0.1) is 0 Å². The highest BCUT2D eigenvalue weighted by Crippen LogP contribution is 2.31. The molecule has 0 spiro atoms. The van der Waals surface area contributed by atoms with Crippen LogP contribution in [0.25, 0.3) is 0 Å². The van der Waals surface area contributed by atoms with E-state index in [1.54, 1.807) is 18.9 Å². The lowest BCUT2D eigenvalue weighted by molar-refractivity contribution is -0.115. The van der Waals surface area contributed by atoms with Gasteiger partial charge in [0.1, 0.15) is 0 Å². The molecule has 1 aromatic rings. The molecule has 92 valence electrons. The molecule has 4 heteroatoms. The van der Waals surface area contributed by atoms with E-state index in [1.165, 1.54) is 0 Å². The van der Waals surface area contributed by atoms with Crippen molar-refractivity contribution < 1.29 is 9.59 Å². The van der Waals surface area contributed by atoms with Crippen LogP contribution < -0.4 is 5.32 Å². The minimum atomic E-state index is -0.317. The Balaban J connectivity index is 2.16. The number of carbonyl (C=O) groups is 2. The van der Waals surface area contributed by atoms with E-state index in [9.17, 15) is 9.59 Å². The molecule has 0 bridgehead atoms. The third-order valence-electron chi connectivity index (χ3n) is 3.03. The highest BCUT2D eigenvalue weighted by molar-refractivity contribution is 5.99. The summed E-state index contributed by atoms with van der Waals surface area (Å²) in [5.41, 5.74) is 1.66. The molecule has 0 radical (unpaired) electrons. The first-order valence-corrected chi connectivity index (χ1v) is 5.72. The predicted octanol–water partition coefficient (Wildman–Crippen LogP) is 0.953. The molecular weight excluding hydrogens is 228 g/mol. The van der Waals surface area contributed by atoms with Gasteiger partial charge in [0.2, 0.25) is 0 Å². The van der Waals surface area contributed by atoms with Gasteiger partial charge in [0, 0.05) is 19.2 Å². The molecule has 0 saturated heterocycles. The van der Waals surface area contributed by atoms with Crippen LogP contribution in [0.3, 0.4) is 0 Å². The molecule has 1 unspecified atom stereocenters. The van der Waals surface area contributed by atoms with Gasteiger partial charge in [0.05, 0.1) is 6.04 Å². The normalized spacial score (nSPS) is 16.9. The highest BCUT2D eigenvalue weighted by atomic mass is 16.2. The number of hydrogen-bond acceptors (Lipinski definition) is 2. The summed E-state index contributed by atoms with van der Waals surface area (Å²) in [6, 6.07) is 7.34. The molecule has 0 fully saturated rings. The van der Waals surface area contributed by atoms with Crippen molar-refractivity contribution in [1.82, 2.24) is 10.2 Å². The summed E-state index contributed by atoms with van der Waals surface area (Å²) in [6.45, 7) is 1.99. The molecule has 1 aliphatic heterocycles. The maximum atomic E-state index is 12.0. The van der Waals surface area contributed by atoms with Crippen LogP contribution in [0.4, 0.5) is 0 Å². The number of carbonyl (C=O) groups excluding carboxylic acids is 2. The molecule has 1 aromatic carbocycles. The van der Waals surface area contributed by atoms with Crippen molar-refractivity contribution in [3.63, 3.8) is 0 Å². The first-order valence-electron chi connectivity index (χ1n) is 5.72. The molecule has 1 atom stereocenters. The standard InChI is InChI=1S/C14H14N2O2/c1-3-6-13(17)15-9-12-10-7-4-5-8-11(10)14(18)16(12)2/h4-5,7-8,12H,9H2,1-2H3,(H,15,17). The van der Waals surface area contributed by atoms with E-state index >= 15 is 0 Å². The minimum absolute atomic E-state index is 0.00794. The van der Waals surface area contributed by atoms with Gasteiger partial charge < -0.3 is 10.2 Å². The highest BCUT2D eigenvalue weighted by Gasteiger charge is 2.33. The van der Waals surface area contributed by atoms with Gasteiger partial charge in [-0.1, -0.05) is 24.1 Å². The third-order valence-corrected chi connectivity index (χ3v) is 3.03. The average Bonchev–Trinajstić information content (AvgIpc) is 2.61. The first kappa shape index (κ1) is 12.2. The van der Waals surface area contributed by atoms with E-state index in [2.05, 4.69) is 17.2 Å². The lowest BCUT2D eigenvalue weighted by Gasteiger charge is -2.20. The van der Waals surface area contributed by atoms with Gasteiger partial charge in [-0.3, -0.25) is 9.59 Å². The number of fused-ring (bicyclic) bond motifs is 1. The zero-order valence-corrected chi connectivity index (χ0v) is 10.4. The fourth-order valence-electron chi connectivity index (χ4n) is 2.12. The van der Waals surface area contributed by atoms with Crippen LogP contribution in [0, 0.1) is 11.8 Å². The number of nitrogens with one attached hydrogen (secondary N) is 1. The number of amides is 2. The fraction of sp³-hybridized carbons (Fsp3) is 0.286. The number of rotatable bonds is 2. The van der Waals surface area contributed by atoms with Crippen LogP contribution in [0.5, 0.6) is 0 Å². The molecule has 4 nitrogen and oxygen atoms in total. The van der Waals surface area contributed by atoms with Crippen molar-refractivity contribution in [3.8, 4) is 11.8 Å². The molecule has 0 saturated carbocycles. The van der Waals surface area contributed by atoms with Gasteiger partial charge in [-0.05, 0) is 24.5 Å². The van der Waals surface area contributed by atoms with E-state index < -0.39 is 0 Å². The molecule has 1 aliphatic rings. The Labute approximate surface area is 106 Å². The summed E-state index contributed by atoms with van der Waals surface area (Å²) >= 11 is 0. The Morgan fingerprint density at radius 3 is 2.89 bits per heavy atom. The van der Waals surface area contributed by atoms with Gasteiger partial charge in [0.15, 0.2) is 0 Å². The topological polar surface area (TPSA) is 49.4 Å². The van der Waals surface area contributed by atoms with Crippen LogP contribution in [-0.2, 0) is 4.79 Å². The summed E-state index contributed by atoms with van der Waals surface area (Å²) in [5, 5.41) is 2.71. The molecular formula is C14H14N2O2. The molecule has 1 heterocycles. The summed E-state index contributed by atoms with van der Waals surface area (Å²) in [6.07, 6.45) is 0. The SMILES string of the molecule is CC#CC(=O)NCC1c2ccccc2C(=O)N1C. The third kappa shape index (κ3) is 2.07. The van der Waals surface area contributed by atoms with Crippen molar-refractivity contribution in [2.45, 2.75) is 13.0 Å². The molecule has 0 aliphatic carbocycles. The second-order valence-corrected chi connectivity index (χ2v) is 4.10. The van der Waals surface area contributed by atoms with Gasteiger partial charge in [-0.2, -0.15) is 0 Å². The van der Waals surface area contributed by atoms with Crippen LogP contribution in [0.1, 0.15) is 28.9 Å². The fourth-order valence-corrected chi connectivity index (χ4v) is 2.12. The Kier molecular flexibility index (Phi) is 3.33. The van der Waals surface area contributed by atoms with E-state index in [4.69, 9.17) is 0 Å². The van der Waals surface area contributed by atoms with Crippen molar-refractivity contribution in [2.24, 2.45) is 0 Å². The summed E-state index contributed by atoms with van der Waals surface area (Å²) < 4.78 is 0. The van der Waals surface area contributed by atoms with Crippen LogP contribution >= 0.6 is 0 Å². The minimum Gasteiger partial charge on any atom is -0.343 e. The Morgan fingerprint density at radius 1 is 1.44 bits per heavy atom. The van der Waals surface area contributed by atoms with E-state index in [0.717, 1.165) is 5.56 Å². The summed E-state index contributed by atoms with van der Waals surface area (Å²) in [5.74, 6) is 4.63. The Hall–Kier alpha value is -2.28. The monoisotopic (exact) mass is 242 g/mol. The van der Waals surface area contributed by atoms with Gasteiger partial charge >= 0.3 is 0 Å². The maximum absolute atomic E-state index is 12.0. The second kappa shape index (κ2) is 4.92. The largest absolute Gasteiger partial charge is 0.343 e. The first-order chi connectivity index (χ1) is 8.65. The molecule has 0 aromatic heterocycles. The van der Waals surface area contributed by atoms with Crippen LogP contribution in [-0.4, -0.2) is 30.3 Å². The van der Waals surface area contributed by atoms with E-state index in [1.807, 2.05) is 24.3 Å². The van der Waals surface area contributed by atoms with Crippen LogP contribution in [0.15, 0.2) is 24.3 Å². The van der Waals surface area contributed by atoms with Gasteiger partial charge in [0.25, 0.3) is 11.8 Å². The van der Waals surface area contributed by atoms with Gasteiger partial charge in [-0.25, -0.2) is 0 Å². The molecule has 2 rings (SSSR count). The number of nitrogens with zero attached hydrogens (tertiary/aromatic N) is 1. The summed E-state index contributed by atoms with van der Waals surface area (Å²) in [4.78, 5) is 24.9. The molecule has 2 amide bonds. The summed E-state index contributed by atoms with van der Waals surface area (Å²) in [7, 11) is 1.74. The maximum Gasteiger partial charge on any atom is 0.295 e. The number of likely N-dealkylation sites (N-methyl/N-ethyl adjacent to an activating group) is 1. The quantitative estimate of drug-likeness (QED) is 0.785. The van der Waals surface area contributed by atoms with Crippen molar-refractivity contribution >= 4 is 11.8 Å². The van der Waals surface area contributed by atoms with E-state index in [0.29, 0.717) is 12.1 Å². The van der Waals surface area contributed by atoms with Crippen molar-refractivity contribution in [3.05, 3.63) is 35.4 Å². The smallest absolute Gasteiger partial charge is 0.295 e. The van der Waals surface area contributed by atoms with E-state index in [-0.39, 0.29) is 17.9 Å². The zero-order valence-electron chi connectivity index (χ0n) is 10.4. The van der Waals surface area contributed by atoms with Crippen LogP contribution in [0.2, 0.25) is 0 Å². The molecule has 1 N–H and O–H groups in total. The average molecular weight is 242 g/mol. The van der Waals surface area contributed by atoms with Crippen molar-refractivity contribution in [1.29, 1.82) is 0 Å². The molecule has 18 heavy (non-hydrogen) atoms. The Bertz CT molecular complexity index is 554. The Morgan fingerprint density at radius 2 is 2.17 bits per heavy atom. The lowest BCUT2D eigenvalue weighted by atomic mass is 10.0. The second-order valence-electron chi connectivity index (χ2n) is 4.10. The zero-order chi connectivity index (χ0) is 13.1. The predicted molar refractivity (Wildman–Crippen MR) is 67.7 cm³/mol. The lowest BCUT2D eigenvalue weighted by Crippen LogP contribution is -2.34. The van der Waals surface area contributed by atoms with Crippen molar-refractivity contribution in [2.75, 3.05) is 13.6 Å².